The highest BCUT2D eigenvalue weighted by atomic mass is 16.5. The first-order valence-electron chi connectivity index (χ1n) is 4.91. The molecule has 0 aromatic carbocycles. The maximum Gasteiger partial charge on any atom is 0.331 e. The Bertz CT molecular complexity index is 370. The van der Waals surface area contributed by atoms with E-state index in [9.17, 15) is 19.2 Å². The lowest BCUT2D eigenvalue weighted by Gasteiger charge is -2.12. The molecule has 0 aromatic heterocycles. The van der Waals surface area contributed by atoms with Crippen LogP contribution in [-0.2, 0) is 23.9 Å². The number of carboxylic acid groups (broad SMARTS) is 1. The molecular formula is C10H11NO6. The van der Waals surface area contributed by atoms with Crippen LogP contribution < -0.4 is 0 Å². The van der Waals surface area contributed by atoms with Crippen LogP contribution >= 0.6 is 0 Å². The molecule has 1 N–H and O–H groups in total. The molecule has 1 heterocycles. The minimum Gasteiger partial charge on any atom is -0.478 e. The Morgan fingerprint density at radius 1 is 1.24 bits per heavy atom. The molecule has 1 aliphatic rings. The van der Waals surface area contributed by atoms with Gasteiger partial charge in [-0.25, -0.2) is 9.59 Å². The maximum absolute atomic E-state index is 11.1. The van der Waals surface area contributed by atoms with E-state index in [2.05, 4.69) is 4.74 Å². The summed E-state index contributed by atoms with van der Waals surface area (Å²) in [5, 5.41) is 8.24. The van der Waals surface area contributed by atoms with E-state index in [-0.39, 0.29) is 37.8 Å². The molecule has 0 saturated carbocycles. The molecule has 0 unspecified atom stereocenters. The molecule has 1 rings (SSSR count). The number of nitrogens with zero attached hydrogens (tertiary/aromatic N) is 1. The first-order valence-corrected chi connectivity index (χ1v) is 4.91. The van der Waals surface area contributed by atoms with Gasteiger partial charge in [0.2, 0.25) is 11.8 Å². The second kappa shape index (κ2) is 5.78. The van der Waals surface area contributed by atoms with Crippen LogP contribution in [0.2, 0.25) is 0 Å². The first-order chi connectivity index (χ1) is 8.00. The Morgan fingerprint density at radius 3 is 2.35 bits per heavy atom. The predicted octanol–water partition coefficient (Wildman–Crippen LogP) is -0.681. The molecule has 1 saturated heterocycles. The third kappa shape index (κ3) is 4.06. The lowest BCUT2D eigenvalue weighted by atomic mass is 10.4. The van der Waals surface area contributed by atoms with Crippen molar-refractivity contribution >= 4 is 23.8 Å². The molecule has 7 nitrogen and oxygen atoms in total. The van der Waals surface area contributed by atoms with Gasteiger partial charge in [-0.3, -0.25) is 14.5 Å². The van der Waals surface area contributed by atoms with Crippen molar-refractivity contribution in [3.05, 3.63) is 12.2 Å². The zero-order chi connectivity index (χ0) is 12.8. The number of hydrogen-bond donors (Lipinski definition) is 1. The van der Waals surface area contributed by atoms with E-state index in [4.69, 9.17) is 5.11 Å². The molecule has 0 bridgehead atoms. The fourth-order valence-electron chi connectivity index (χ4n) is 1.30. The minimum absolute atomic E-state index is 0.00428. The summed E-state index contributed by atoms with van der Waals surface area (Å²) in [6.07, 6.45) is 1.78. The number of carboxylic acids is 1. The summed E-state index contributed by atoms with van der Waals surface area (Å²) in [6.45, 7) is -0.134. The van der Waals surface area contributed by atoms with Gasteiger partial charge in [-0.2, -0.15) is 0 Å². The normalized spacial score (nSPS) is 15.6. The standard InChI is InChI=1S/C10H11NO6/c12-7-1-2-8(13)11(7)5-6-17-10(16)4-3-9(14)15/h3-4H,1-2,5-6H2,(H,14,15). The van der Waals surface area contributed by atoms with Crippen molar-refractivity contribution in [2.45, 2.75) is 12.8 Å². The zero-order valence-electron chi connectivity index (χ0n) is 8.92. The predicted molar refractivity (Wildman–Crippen MR) is 53.7 cm³/mol. The van der Waals surface area contributed by atoms with Crippen LogP contribution in [0.5, 0.6) is 0 Å². The summed E-state index contributed by atoms with van der Waals surface area (Å²) in [7, 11) is 0. The van der Waals surface area contributed by atoms with Gasteiger partial charge in [0.1, 0.15) is 6.61 Å². The molecule has 1 fully saturated rings. The van der Waals surface area contributed by atoms with Crippen LogP contribution in [0.1, 0.15) is 12.8 Å². The van der Waals surface area contributed by atoms with Crippen LogP contribution in [0.3, 0.4) is 0 Å². The number of carbonyl (C=O) groups is 4. The van der Waals surface area contributed by atoms with Crippen molar-refractivity contribution in [3.63, 3.8) is 0 Å². The molecule has 0 aliphatic carbocycles. The number of hydrogen-bond acceptors (Lipinski definition) is 5. The quantitative estimate of drug-likeness (QED) is 0.389. The van der Waals surface area contributed by atoms with Gasteiger partial charge >= 0.3 is 11.9 Å². The highest BCUT2D eigenvalue weighted by molar-refractivity contribution is 6.01. The zero-order valence-corrected chi connectivity index (χ0v) is 8.92. The summed E-state index contributed by atoms with van der Waals surface area (Å²) in [4.78, 5) is 44.3. The molecule has 92 valence electrons. The molecule has 0 aromatic rings. The van der Waals surface area contributed by atoms with Gasteiger partial charge < -0.3 is 9.84 Å². The van der Waals surface area contributed by atoms with Crippen molar-refractivity contribution in [1.82, 2.24) is 4.90 Å². The smallest absolute Gasteiger partial charge is 0.331 e. The number of amides is 2. The minimum atomic E-state index is -1.26. The number of ether oxygens (including phenoxy) is 1. The van der Waals surface area contributed by atoms with Gasteiger partial charge in [-0.1, -0.05) is 0 Å². The highest BCUT2D eigenvalue weighted by Gasteiger charge is 2.28. The number of aliphatic carboxylic acids is 1. The lowest BCUT2D eigenvalue weighted by molar-refractivity contribution is -0.144. The number of likely N-dealkylation sites (tertiary alicyclic amines) is 1. The van der Waals surface area contributed by atoms with E-state index in [0.717, 1.165) is 11.0 Å². The molecule has 0 spiro atoms. The van der Waals surface area contributed by atoms with Crippen molar-refractivity contribution in [2.24, 2.45) is 0 Å². The largest absolute Gasteiger partial charge is 0.478 e. The van der Waals surface area contributed by atoms with E-state index >= 15 is 0 Å². The van der Waals surface area contributed by atoms with Crippen molar-refractivity contribution < 1.29 is 29.0 Å². The number of esters is 1. The van der Waals surface area contributed by atoms with E-state index in [1.165, 1.54) is 0 Å². The van der Waals surface area contributed by atoms with Gasteiger partial charge in [0.15, 0.2) is 0 Å². The summed E-state index contributed by atoms with van der Waals surface area (Å²) >= 11 is 0. The second-order valence-corrected chi connectivity index (χ2v) is 3.28. The van der Waals surface area contributed by atoms with Gasteiger partial charge in [0.25, 0.3) is 0 Å². The van der Waals surface area contributed by atoms with Crippen LogP contribution in [0, 0.1) is 0 Å². The van der Waals surface area contributed by atoms with E-state index < -0.39 is 11.9 Å². The van der Waals surface area contributed by atoms with Crippen LogP contribution in [-0.4, -0.2) is 46.9 Å². The topological polar surface area (TPSA) is 101 Å². The molecular weight excluding hydrogens is 230 g/mol. The van der Waals surface area contributed by atoms with E-state index in [1.54, 1.807) is 0 Å². The SMILES string of the molecule is O=C(O)C=CC(=O)OCCN1C(=O)CCC1=O. The molecule has 7 heteroatoms. The Balaban J connectivity index is 2.28. The average Bonchev–Trinajstić information content (AvgIpc) is 2.57. The fraction of sp³-hybridized carbons (Fsp3) is 0.400. The second-order valence-electron chi connectivity index (χ2n) is 3.28. The van der Waals surface area contributed by atoms with Crippen molar-refractivity contribution in [2.75, 3.05) is 13.2 Å². The highest BCUT2D eigenvalue weighted by Crippen LogP contribution is 2.10. The number of rotatable bonds is 5. The summed E-state index contributed by atoms with van der Waals surface area (Å²) in [6, 6.07) is 0. The first kappa shape index (κ1) is 12.9. The summed E-state index contributed by atoms with van der Waals surface area (Å²) in [5.41, 5.74) is 0. The molecule has 2 amide bonds. The van der Waals surface area contributed by atoms with Crippen LogP contribution in [0.25, 0.3) is 0 Å². The molecule has 1 aliphatic heterocycles. The molecule has 0 radical (unpaired) electrons. The maximum atomic E-state index is 11.1. The Kier molecular flexibility index (Phi) is 4.38. The summed E-state index contributed by atoms with van der Waals surface area (Å²) < 4.78 is 4.62. The Labute approximate surface area is 96.6 Å². The fourth-order valence-corrected chi connectivity index (χ4v) is 1.30. The number of imide groups is 1. The van der Waals surface area contributed by atoms with E-state index in [1.807, 2.05) is 0 Å². The third-order valence-corrected chi connectivity index (χ3v) is 2.08. The van der Waals surface area contributed by atoms with Gasteiger partial charge in [0, 0.05) is 25.0 Å². The van der Waals surface area contributed by atoms with Crippen LogP contribution in [0.4, 0.5) is 0 Å². The van der Waals surface area contributed by atoms with Gasteiger partial charge in [0.05, 0.1) is 6.54 Å². The lowest BCUT2D eigenvalue weighted by Crippen LogP contribution is -2.32. The Morgan fingerprint density at radius 2 is 1.82 bits per heavy atom. The monoisotopic (exact) mass is 241 g/mol. The summed E-state index contributed by atoms with van der Waals surface area (Å²) in [5.74, 6) is -2.66. The average molecular weight is 241 g/mol. The van der Waals surface area contributed by atoms with Crippen molar-refractivity contribution in [3.8, 4) is 0 Å². The van der Waals surface area contributed by atoms with Crippen LogP contribution in [0.15, 0.2) is 12.2 Å². The van der Waals surface area contributed by atoms with Gasteiger partial charge in [-0.05, 0) is 0 Å². The van der Waals surface area contributed by atoms with E-state index in [0.29, 0.717) is 6.08 Å². The molecule has 0 atom stereocenters. The van der Waals surface area contributed by atoms with Gasteiger partial charge in [-0.15, -0.1) is 0 Å². The third-order valence-electron chi connectivity index (χ3n) is 2.08. The molecule has 17 heavy (non-hydrogen) atoms. The Hall–Kier alpha value is -2.18. The number of carbonyl (C=O) groups excluding carboxylic acids is 3. The van der Waals surface area contributed by atoms with Crippen molar-refractivity contribution in [1.29, 1.82) is 0 Å².